The van der Waals surface area contributed by atoms with Crippen molar-refractivity contribution in [2.75, 3.05) is 19.6 Å². The molecule has 26 heavy (non-hydrogen) atoms. The number of piperidine rings is 1. The first-order valence-electron chi connectivity index (χ1n) is 9.45. The molecule has 144 valence electrons. The molecular weight excluding hydrogens is 330 g/mol. The molecule has 1 saturated heterocycles. The first-order valence-corrected chi connectivity index (χ1v) is 9.45. The quantitative estimate of drug-likeness (QED) is 0.845. The number of amides is 2. The molecule has 2 rings (SSSR count). The van der Waals surface area contributed by atoms with Crippen molar-refractivity contribution in [1.29, 1.82) is 0 Å². The highest BCUT2D eigenvalue weighted by Crippen LogP contribution is 2.19. The molecule has 2 atom stereocenters. The van der Waals surface area contributed by atoms with Crippen molar-refractivity contribution < 1.29 is 14.3 Å². The maximum Gasteiger partial charge on any atom is 0.410 e. The van der Waals surface area contributed by atoms with Crippen LogP contribution in [0.2, 0.25) is 0 Å². The minimum Gasteiger partial charge on any atom is -0.445 e. The van der Waals surface area contributed by atoms with Gasteiger partial charge in [-0.25, -0.2) is 4.79 Å². The van der Waals surface area contributed by atoms with Gasteiger partial charge in [-0.15, -0.1) is 0 Å². The van der Waals surface area contributed by atoms with Gasteiger partial charge in [-0.3, -0.25) is 4.79 Å². The molecule has 1 fully saturated rings. The summed E-state index contributed by atoms with van der Waals surface area (Å²) in [7, 11) is 0. The molecule has 1 aliphatic heterocycles. The second-order valence-corrected chi connectivity index (χ2v) is 7.18. The predicted molar refractivity (Wildman–Crippen MR) is 101 cm³/mol. The molecule has 0 saturated carbocycles. The fourth-order valence-corrected chi connectivity index (χ4v) is 3.24. The van der Waals surface area contributed by atoms with Crippen LogP contribution in [0.25, 0.3) is 0 Å². The van der Waals surface area contributed by atoms with E-state index >= 15 is 0 Å². The largest absolute Gasteiger partial charge is 0.445 e. The number of benzene rings is 1. The molecule has 0 aromatic heterocycles. The average Bonchev–Trinajstić information content (AvgIpc) is 2.66. The maximum absolute atomic E-state index is 12.5. The zero-order valence-electron chi connectivity index (χ0n) is 16.1. The van der Waals surface area contributed by atoms with E-state index in [2.05, 4.69) is 0 Å². The van der Waals surface area contributed by atoms with Gasteiger partial charge in [-0.1, -0.05) is 44.2 Å². The molecule has 6 nitrogen and oxygen atoms in total. The van der Waals surface area contributed by atoms with Gasteiger partial charge in [0.05, 0.1) is 12.1 Å². The minimum absolute atomic E-state index is 0.0275. The van der Waals surface area contributed by atoms with Crippen LogP contribution < -0.4 is 5.73 Å². The number of nitrogens with zero attached hydrogens (tertiary/aromatic N) is 2. The van der Waals surface area contributed by atoms with E-state index in [0.29, 0.717) is 19.6 Å². The molecule has 0 bridgehead atoms. The third-order valence-corrected chi connectivity index (χ3v) is 4.93. The Morgan fingerprint density at radius 3 is 2.62 bits per heavy atom. The SMILES string of the molecule is CCN(C(=O)OCc1ccccc1)[C@@H]1CCCN(C(=O)[C@@H](N)C(C)C)C1. The third-order valence-electron chi connectivity index (χ3n) is 4.93. The zero-order chi connectivity index (χ0) is 19.1. The van der Waals surface area contributed by atoms with Crippen LogP contribution in [0, 0.1) is 5.92 Å². The number of hydrogen-bond donors (Lipinski definition) is 1. The lowest BCUT2D eigenvalue weighted by atomic mass is 10.00. The van der Waals surface area contributed by atoms with Gasteiger partial charge < -0.3 is 20.3 Å². The highest BCUT2D eigenvalue weighted by molar-refractivity contribution is 5.82. The summed E-state index contributed by atoms with van der Waals surface area (Å²) in [5, 5.41) is 0. The van der Waals surface area contributed by atoms with Gasteiger partial charge in [-0.2, -0.15) is 0 Å². The lowest BCUT2D eigenvalue weighted by molar-refractivity contribution is -0.135. The number of rotatable bonds is 6. The molecule has 1 aliphatic rings. The van der Waals surface area contributed by atoms with E-state index in [1.54, 1.807) is 9.80 Å². The maximum atomic E-state index is 12.5. The predicted octanol–water partition coefficient (Wildman–Crippen LogP) is 2.62. The van der Waals surface area contributed by atoms with Crippen LogP contribution in [-0.4, -0.2) is 53.5 Å². The van der Waals surface area contributed by atoms with Gasteiger partial charge in [0.15, 0.2) is 0 Å². The lowest BCUT2D eigenvalue weighted by Gasteiger charge is -2.39. The third kappa shape index (κ3) is 5.21. The van der Waals surface area contributed by atoms with E-state index in [-0.39, 0.29) is 30.6 Å². The van der Waals surface area contributed by atoms with Crippen molar-refractivity contribution in [3.8, 4) is 0 Å². The van der Waals surface area contributed by atoms with Crippen LogP contribution in [0.5, 0.6) is 0 Å². The smallest absolute Gasteiger partial charge is 0.410 e. The Hall–Kier alpha value is -2.08. The molecule has 2 amide bonds. The number of ether oxygens (including phenoxy) is 1. The summed E-state index contributed by atoms with van der Waals surface area (Å²) < 4.78 is 5.47. The Kier molecular flexibility index (Phi) is 7.45. The molecule has 1 aromatic rings. The van der Waals surface area contributed by atoms with E-state index in [9.17, 15) is 9.59 Å². The normalized spacial score (nSPS) is 18.5. The number of likely N-dealkylation sites (N-methyl/N-ethyl adjacent to an activating group) is 1. The highest BCUT2D eigenvalue weighted by Gasteiger charge is 2.32. The van der Waals surface area contributed by atoms with Gasteiger partial charge in [0.1, 0.15) is 6.61 Å². The minimum atomic E-state index is -0.492. The summed E-state index contributed by atoms with van der Waals surface area (Å²) in [6.45, 7) is 7.86. The van der Waals surface area contributed by atoms with E-state index < -0.39 is 6.04 Å². The summed E-state index contributed by atoms with van der Waals surface area (Å²) >= 11 is 0. The Labute approximate surface area is 156 Å². The Bertz CT molecular complexity index is 591. The van der Waals surface area contributed by atoms with Gasteiger partial charge in [0, 0.05) is 19.6 Å². The van der Waals surface area contributed by atoms with Gasteiger partial charge in [-0.05, 0) is 31.2 Å². The molecule has 1 heterocycles. The van der Waals surface area contributed by atoms with Crippen LogP contribution in [0.1, 0.15) is 39.2 Å². The summed E-state index contributed by atoms with van der Waals surface area (Å²) in [5.41, 5.74) is 6.98. The standard InChI is InChI=1S/C20H31N3O3/c1-4-23(20(25)26-14-16-9-6-5-7-10-16)17-11-8-12-22(13-17)19(24)18(21)15(2)3/h5-7,9-10,15,17-18H,4,8,11-14,21H2,1-3H3/t17-,18+/m1/s1. The Morgan fingerprint density at radius 1 is 1.31 bits per heavy atom. The van der Waals surface area contributed by atoms with Gasteiger partial charge >= 0.3 is 6.09 Å². The fourth-order valence-electron chi connectivity index (χ4n) is 3.24. The fraction of sp³-hybridized carbons (Fsp3) is 0.600. The average molecular weight is 361 g/mol. The van der Waals surface area contributed by atoms with Gasteiger partial charge in [0.25, 0.3) is 0 Å². The first kappa shape index (κ1) is 20.2. The van der Waals surface area contributed by atoms with E-state index in [1.165, 1.54) is 0 Å². The topological polar surface area (TPSA) is 75.9 Å². The number of hydrogen-bond acceptors (Lipinski definition) is 4. The van der Waals surface area contributed by atoms with Crippen LogP contribution in [0.4, 0.5) is 4.79 Å². The molecule has 0 aliphatic carbocycles. The number of likely N-dealkylation sites (tertiary alicyclic amines) is 1. The molecule has 2 N–H and O–H groups in total. The highest BCUT2D eigenvalue weighted by atomic mass is 16.6. The van der Waals surface area contributed by atoms with Crippen molar-refractivity contribution in [2.45, 2.75) is 52.3 Å². The number of nitrogens with two attached hydrogens (primary N) is 1. The molecular formula is C20H31N3O3. The van der Waals surface area contributed by atoms with Crippen LogP contribution in [0.15, 0.2) is 30.3 Å². The zero-order valence-corrected chi connectivity index (χ0v) is 16.1. The summed E-state index contributed by atoms with van der Waals surface area (Å²) in [6.07, 6.45) is 1.40. The molecule has 0 radical (unpaired) electrons. The Balaban J connectivity index is 1.95. The van der Waals surface area contributed by atoms with Crippen LogP contribution >= 0.6 is 0 Å². The van der Waals surface area contributed by atoms with Gasteiger partial charge in [0.2, 0.25) is 5.91 Å². The lowest BCUT2D eigenvalue weighted by Crippen LogP contribution is -2.55. The molecule has 6 heteroatoms. The van der Waals surface area contributed by atoms with E-state index in [4.69, 9.17) is 10.5 Å². The Morgan fingerprint density at radius 2 is 2.00 bits per heavy atom. The number of carbonyl (C=O) groups is 2. The van der Waals surface area contributed by atoms with Crippen LogP contribution in [-0.2, 0) is 16.1 Å². The summed E-state index contributed by atoms with van der Waals surface area (Å²) in [5.74, 6) is 0.0689. The second-order valence-electron chi connectivity index (χ2n) is 7.18. The molecule has 1 aromatic carbocycles. The molecule has 0 spiro atoms. The van der Waals surface area contributed by atoms with Crippen molar-refractivity contribution >= 4 is 12.0 Å². The second kappa shape index (κ2) is 9.57. The van der Waals surface area contributed by atoms with Crippen molar-refractivity contribution in [2.24, 2.45) is 11.7 Å². The van der Waals surface area contributed by atoms with E-state index in [0.717, 1.165) is 18.4 Å². The van der Waals surface area contributed by atoms with Crippen LogP contribution in [0.3, 0.4) is 0 Å². The monoisotopic (exact) mass is 361 g/mol. The van der Waals surface area contributed by atoms with E-state index in [1.807, 2.05) is 51.1 Å². The van der Waals surface area contributed by atoms with Crippen molar-refractivity contribution in [3.63, 3.8) is 0 Å². The summed E-state index contributed by atoms with van der Waals surface area (Å²) in [4.78, 5) is 28.6. The number of carbonyl (C=O) groups excluding carboxylic acids is 2. The van der Waals surface area contributed by atoms with Crippen molar-refractivity contribution in [1.82, 2.24) is 9.80 Å². The summed E-state index contributed by atoms with van der Waals surface area (Å²) in [6, 6.07) is 9.11. The van der Waals surface area contributed by atoms with Crippen molar-refractivity contribution in [3.05, 3.63) is 35.9 Å². The molecule has 0 unspecified atom stereocenters. The first-order chi connectivity index (χ1) is 12.4.